The molecule has 2 aromatic carbocycles. The Bertz CT molecular complexity index is 666. The number of aromatic hydroxyl groups is 2. The largest absolute Gasteiger partial charge is 0.504 e. The zero-order valence-electron chi connectivity index (χ0n) is 12.7. The predicted octanol–water partition coefficient (Wildman–Crippen LogP) is 3.24. The van der Waals surface area contributed by atoms with Crippen LogP contribution >= 0.6 is 12.2 Å². The number of aryl methyl sites for hydroxylation is 2. The predicted molar refractivity (Wildman–Crippen MR) is 93.6 cm³/mol. The maximum Gasteiger partial charge on any atom is 0.170 e. The van der Waals surface area contributed by atoms with Gasteiger partial charge in [-0.25, -0.2) is 0 Å². The molecule has 0 bridgehead atoms. The molecule has 0 amide bonds. The quantitative estimate of drug-likeness (QED) is 0.515. The van der Waals surface area contributed by atoms with E-state index in [1.165, 1.54) is 17.2 Å². The van der Waals surface area contributed by atoms with Gasteiger partial charge >= 0.3 is 0 Å². The fraction of sp³-hybridized carbons (Fsp3) is 0.235. The van der Waals surface area contributed by atoms with Crippen LogP contribution in [0.25, 0.3) is 0 Å². The first-order chi connectivity index (χ1) is 10.4. The van der Waals surface area contributed by atoms with Gasteiger partial charge in [0.05, 0.1) is 0 Å². The molecule has 4 N–H and O–H groups in total. The summed E-state index contributed by atoms with van der Waals surface area (Å²) < 4.78 is 0. The van der Waals surface area contributed by atoms with E-state index in [4.69, 9.17) is 12.2 Å². The molecule has 0 aliphatic heterocycles. The molecule has 0 aliphatic rings. The Labute approximate surface area is 135 Å². The molecule has 4 nitrogen and oxygen atoms in total. The van der Waals surface area contributed by atoms with Crippen LogP contribution in [0.1, 0.15) is 16.7 Å². The van der Waals surface area contributed by atoms with Crippen molar-refractivity contribution in [1.82, 2.24) is 5.32 Å². The van der Waals surface area contributed by atoms with Crippen molar-refractivity contribution in [3.8, 4) is 11.5 Å². The van der Waals surface area contributed by atoms with Gasteiger partial charge in [0.15, 0.2) is 16.6 Å². The van der Waals surface area contributed by atoms with Crippen molar-refractivity contribution >= 4 is 23.0 Å². The van der Waals surface area contributed by atoms with Crippen molar-refractivity contribution < 1.29 is 10.2 Å². The highest BCUT2D eigenvalue weighted by Gasteiger charge is 2.02. The third-order valence-electron chi connectivity index (χ3n) is 3.22. The van der Waals surface area contributed by atoms with E-state index in [0.29, 0.717) is 18.1 Å². The van der Waals surface area contributed by atoms with Gasteiger partial charge in [0.25, 0.3) is 0 Å². The molecule has 22 heavy (non-hydrogen) atoms. The molecule has 0 fully saturated rings. The summed E-state index contributed by atoms with van der Waals surface area (Å²) in [6.45, 7) is 4.73. The second kappa shape index (κ2) is 7.13. The van der Waals surface area contributed by atoms with Gasteiger partial charge in [0.2, 0.25) is 0 Å². The molecule has 0 heterocycles. The van der Waals surface area contributed by atoms with Gasteiger partial charge in [-0.05, 0) is 73.4 Å². The Morgan fingerprint density at radius 3 is 2.32 bits per heavy atom. The SMILES string of the molecule is Cc1cc(C)cc(NC(=S)NCCc2ccc(O)c(O)c2)c1. The third-order valence-corrected chi connectivity index (χ3v) is 3.47. The van der Waals surface area contributed by atoms with Crippen molar-refractivity contribution in [3.05, 3.63) is 53.1 Å². The summed E-state index contributed by atoms with van der Waals surface area (Å²) in [5.74, 6) is -0.211. The summed E-state index contributed by atoms with van der Waals surface area (Å²) >= 11 is 5.27. The van der Waals surface area contributed by atoms with Crippen LogP contribution in [-0.4, -0.2) is 21.9 Å². The van der Waals surface area contributed by atoms with Crippen LogP contribution in [0.5, 0.6) is 11.5 Å². The third kappa shape index (κ3) is 4.63. The molecule has 5 heteroatoms. The van der Waals surface area contributed by atoms with Gasteiger partial charge in [0, 0.05) is 12.2 Å². The van der Waals surface area contributed by atoms with E-state index in [2.05, 4.69) is 16.7 Å². The molecular formula is C17H20N2O2S. The molecule has 0 saturated carbocycles. The van der Waals surface area contributed by atoms with Gasteiger partial charge in [-0.1, -0.05) is 12.1 Å². The molecule has 0 unspecified atom stereocenters. The minimum atomic E-state index is -0.108. The molecule has 0 aromatic heterocycles. The Morgan fingerprint density at radius 1 is 1.00 bits per heavy atom. The molecule has 0 saturated heterocycles. The van der Waals surface area contributed by atoms with Crippen LogP contribution in [0.2, 0.25) is 0 Å². The summed E-state index contributed by atoms with van der Waals surface area (Å²) in [5.41, 5.74) is 4.27. The lowest BCUT2D eigenvalue weighted by atomic mass is 10.1. The zero-order chi connectivity index (χ0) is 16.1. The van der Waals surface area contributed by atoms with Gasteiger partial charge in [-0.2, -0.15) is 0 Å². The normalized spacial score (nSPS) is 10.3. The summed E-state index contributed by atoms with van der Waals surface area (Å²) in [6.07, 6.45) is 0.697. The Hall–Kier alpha value is -2.27. The minimum Gasteiger partial charge on any atom is -0.504 e. The van der Waals surface area contributed by atoms with Crippen molar-refractivity contribution in [2.75, 3.05) is 11.9 Å². The summed E-state index contributed by atoms with van der Waals surface area (Å²) in [7, 11) is 0. The maximum absolute atomic E-state index is 9.45. The maximum atomic E-state index is 9.45. The van der Waals surface area contributed by atoms with Crippen LogP contribution in [0, 0.1) is 13.8 Å². The van der Waals surface area contributed by atoms with Crippen molar-refractivity contribution in [2.45, 2.75) is 20.3 Å². The van der Waals surface area contributed by atoms with E-state index in [0.717, 1.165) is 11.3 Å². The van der Waals surface area contributed by atoms with E-state index in [-0.39, 0.29) is 11.5 Å². The second-order valence-corrected chi connectivity index (χ2v) is 5.74. The lowest BCUT2D eigenvalue weighted by Gasteiger charge is -2.12. The van der Waals surface area contributed by atoms with Crippen LogP contribution in [0.15, 0.2) is 36.4 Å². The number of hydrogen-bond acceptors (Lipinski definition) is 3. The molecule has 0 spiro atoms. The molecule has 0 radical (unpaired) electrons. The van der Waals surface area contributed by atoms with Crippen LogP contribution < -0.4 is 10.6 Å². The minimum absolute atomic E-state index is 0.103. The number of hydrogen-bond donors (Lipinski definition) is 4. The van der Waals surface area contributed by atoms with Crippen LogP contribution in [0.3, 0.4) is 0 Å². The first-order valence-corrected chi connectivity index (χ1v) is 7.49. The molecule has 0 atom stereocenters. The highest BCUT2D eigenvalue weighted by molar-refractivity contribution is 7.80. The average molecular weight is 316 g/mol. The smallest absolute Gasteiger partial charge is 0.170 e. The van der Waals surface area contributed by atoms with Crippen molar-refractivity contribution in [3.63, 3.8) is 0 Å². The standard InChI is InChI=1S/C17H20N2O2S/c1-11-7-12(2)9-14(8-11)19-17(22)18-6-5-13-3-4-15(20)16(21)10-13/h3-4,7-10,20-21H,5-6H2,1-2H3,(H2,18,19,22). The molecule has 116 valence electrons. The molecule has 2 rings (SSSR count). The van der Waals surface area contributed by atoms with Crippen LogP contribution in [0.4, 0.5) is 5.69 Å². The van der Waals surface area contributed by atoms with Gasteiger partial charge in [-0.15, -0.1) is 0 Å². The van der Waals surface area contributed by atoms with E-state index < -0.39 is 0 Å². The topological polar surface area (TPSA) is 64.5 Å². The Morgan fingerprint density at radius 2 is 1.68 bits per heavy atom. The number of phenolic OH excluding ortho intramolecular Hbond substituents is 2. The van der Waals surface area contributed by atoms with Gasteiger partial charge in [0.1, 0.15) is 0 Å². The molecule has 2 aromatic rings. The number of thiocarbonyl (C=S) groups is 1. The molecular weight excluding hydrogens is 296 g/mol. The van der Waals surface area contributed by atoms with Gasteiger partial charge in [-0.3, -0.25) is 0 Å². The number of phenols is 2. The Balaban J connectivity index is 1.83. The summed E-state index contributed by atoms with van der Waals surface area (Å²) in [5, 5.41) is 25.6. The lowest BCUT2D eigenvalue weighted by molar-refractivity contribution is 0.403. The number of rotatable bonds is 4. The van der Waals surface area contributed by atoms with E-state index in [9.17, 15) is 10.2 Å². The zero-order valence-corrected chi connectivity index (χ0v) is 13.5. The first-order valence-electron chi connectivity index (χ1n) is 7.08. The summed E-state index contributed by atoms with van der Waals surface area (Å²) in [6, 6.07) is 11.0. The lowest BCUT2D eigenvalue weighted by Crippen LogP contribution is -2.30. The number of benzene rings is 2. The highest BCUT2D eigenvalue weighted by atomic mass is 32.1. The fourth-order valence-corrected chi connectivity index (χ4v) is 2.49. The Kier molecular flexibility index (Phi) is 5.22. The fourth-order valence-electron chi connectivity index (χ4n) is 2.27. The monoisotopic (exact) mass is 316 g/mol. The van der Waals surface area contributed by atoms with Crippen molar-refractivity contribution in [2.24, 2.45) is 0 Å². The summed E-state index contributed by atoms with van der Waals surface area (Å²) in [4.78, 5) is 0. The van der Waals surface area contributed by atoms with E-state index in [1.54, 1.807) is 12.1 Å². The number of nitrogens with one attached hydrogen (secondary N) is 2. The van der Waals surface area contributed by atoms with E-state index >= 15 is 0 Å². The first kappa shape index (κ1) is 16.1. The molecule has 0 aliphatic carbocycles. The second-order valence-electron chi connectivity index (χ2n) is 5.33. The number of anilines is 1. The van der Waals surface area contributed by atoms with E-state index in [1.807, 2.05) is 26.0 Å². The van der Waals surface area contributed by atoms with Crippen molar-refractivity contribution in [1.29, 1.82) is 0 Å². The van der Waals surface area contributed by atoms with Gasteiger partial charge < -0.3 is 20.8 Å². The van der Waals surface area contributed by atoms with Crippen LogP contribution in [-0.2, 0) is 6.42 Å². The average Bonchev–Trinajstić information content (AvgIpc) is 2.41. The highest BCUT2D eigenvalue weighted by Crippen LogP contribution is 2.24.